The van der Waals surface area contributed by atoms with Crippen molar-refractivity contribution in [3.05, 3.63) is 29.3 Å². The monoisotopic (exact) mass is 300 g/mol. The number of carbonyl (C=O) groups excluding carboxylic acids is 1. The maximum atomic E-state index is 12.5. The lowest BCUT2D eigenvalue weighted by Crippen LogP contribution is -2.12. The summed E-state index contributed by atoms with van der Waals surface area (Å²) in [7, 11) is -3.96. The summed E-state index contributed by atoms with van der Waals surface area (Å²) in [5.41, 5.74) is -1.59. The minimum atomic E-state index is -4.69. The fourth-order valence-corrected chi connectivity index (χ4v) is 2.61. The van der Waals surface area contributed by atoms with Crippen LogP contribution in [0.2, 0.25) is 0 Å². The Hall–Kier alpha value is -1.08. The van der Waals surface area contributed by atoms with Gasteiger partial charge in [-0.25, -0.2) is 8.42 Å². The number of sulfone groups is 1. The summed E-state index contributed by atoms with van der Waals surface area (Å²) in [4.78, 5) is 10.3. The molecule has 0 aromatic heterocycles. The molecular formula is C10H8ClF3O3S. The van der Waals surface area contributed by atoms with E-state index in [0.717, 1.165) is 6.07 Å². The number of carbonyl (C=O) groups is 1. The first-order chi connectivity index (χ1) is 8.09. The summed E-state index contributed by atoms with van der Waals surface area (Å²) in [6.07, 6.45) is -4.69. The summed E-state index contributed by atoms with van der Waals surface area (Å²) in [6.45, 7) is 1.26. The molecule has 0 aliphatic carbocycles. The van der Waals surface area contributed by atoms with Gasteiger partial charge in [-0.1, -0.05) is 6.92 Å². The summed E-state index contributed by atoms with van der Waals surface area (Å²) >= 11 is 5.15. The topological polar surface area (TPSA) is 51.2 Å². The van der Waals surface area contributed by atoms with Crippen LogP contribution in [0.15, 0.2) is 23.1 Å². The smallest absolute Gasteiger partial charge is 0.276 e. The van der Waals surface area contributed by atoms with Crippen LogP contribution in [0, 0.1) is 0 Å². The van der Waals surface area contributed by atoms with Crippen molar-refractivity contribution >= 4 is 26.7 Å². The maximum absolute atomic E-state index is 12.5. The van der Waals surface area contributed by atoms with Gasteiger partial charge in [0, 0.05) is 0 Å². The van der Waals surface area contributed by atoms with Crippen LogP contribution in [-0.4, -0.2) is 19.4 Å². The molecule has 1 aromatic carbocycles. The lowest BCUT2D eigenvalue weighted by atomic mass is 10.1. The van der Waals surface area contributed by atoms with Gasteiger partial charge in [0.05, 0.1) is 21.8 Å². The zero-order valence-corrected chi connectivity index (χ0v) is 10.7. The number of rotatable bonds is 3. The molecule has 0 saturated carbocycles. The van der Waals surface area contributed by atoms with Crippen LogP contribution in [-0.2, 0) is 16.0 Å². The van der Waals surface area contributed by atoms with Crippen LogP contribution >= 0.6 is 11.6 Å². The zero-order valence-electron chi connectivity index (χ0n) is 9.08. The Morgan fingerprint density at radius 2 is 1.89 bits per heavy atom. The first-order valence-corrected chi connectivity index (χ1v) is 6.76. The molecule has 1 aromatic rings. The van der Waals surface area contributed by atoms with Gasteiger partial charge in [0.25, 0.3) is 5.24 Å². The molecular weight excluding hydrogens is 293 g/mol. The van der Waals surface area contributed by atoms with Crippen LogP contribution in [0.1, 0.15) is 22.8 Å². The van der Waals surface area contributed by atoms with Crippen molar-refractivity contribution in [2.24, 2.45) is 0 Å². The Morgan fingerprint density at radius 1 is 1.33 bits per heavy atom. The summed E-state index contributed by atoms with van der Waals surface area (Å²) in [5.74, 6) is -0.425. The quantitative estimate of drug-likeness (QED) is 0.807. The van der Waals surface area contributed by atoms with Crippen molar-refractivity contribution in [3.8, 4) is 0 Å². The molecule has 0 radical (unpaired) electrons. The lowest BCUT2D eigenvalue weighted by Gasteiger charge is -2.11. The van der Waals surface area contributed by atoms with E-state index in [-0.39, 0.29) is 0 Å². The number of hydrogen-bond donors (Lipinski definition) is 0. The Balaban J connectivity index is 3.59. The third kappa shape index (κ3) is 3.02. The molecule has 0 aliphatic heterocycles. The van der Waals surface area contributed by atoms with Gasteiger partial charge in [0.2, 0.25) is 0 Å². The predicted octanol–water partition coefficient (Wildman–Crippen LogP) is 2.88. The van der Waals surface area contributed by atoms with Gasteiger partial charge >= 0.3 is 6.18 Å². The van der Waals surface area contributed by atoms with Crippen molar-refractivity contribution < 1.29 is 26.4 Å². The van der Waals surface area contributed by atoms with Crippen LogP contribution < -0.4 is 0 Å². The van der Waals surface area contributed by atoms with Gasteiger partial charge in [0.1, 0.15) is 0 Å². The molecule has 18 heavy (non-hydrogen) atoms. The van der Waals surface area contributed by atoms with Crippen molar-refractivity contribution in [3.63, 3.8) is 0 Å². The molecule has 0 bridgehead atoms. The van der Waals surface area contributed by atoms with E-state index in [1.807, 2.05) is 0 Å². The van der Waals surface area contributed by atoms with Crippen molar-refractivity contribution in [2.45, 2.75) is 18.0 Å². The SMILES string of the molecule is CCS(=O)(=O)c1cc(C(F)(F)F)ccc1C(=O)Cl. The summed E-state index contributed by atoms with van der Waals surface area (Å²) in [6, 6.07) is 1.80. The van der Waals surface area contributed by atoms with Gasteiger partial charge in [-0.15, -0.1) is 0 Å². The summed E-state index contributed by atoms with van der Waals surface area (Å²) in [5, 5.41) is -1.12. The molecule has 8 heteroatoms. The Bertz CT molecular complexity index is 579. The van der Waals surface area contributed by atoms with Gasteiger partial charge < -0.3 is 0 Å². The minimum Gasteiger partial charge on any atom is -0.276 e. The molecule has 0 unspecified atom stereocenters. The molecule has 0 fully saturated rings. The zero-order chi connectivity index (χ0) is 14.1. The molecule has 1 rings (SSSR count). The lowest BCUT2D eigenvalue weighted by molar-refractivity contribution is -0.137. The van der Waals surface area contributed by atoms with Crippen molar-refractivity contribution in [1.29, 1.82) is 0 Å². The third-order valence-electron chi connectivity index (χ3n) is 2.24. The predicted molar refractivity (Wildman–Crippen MR) is 59.4 cm³/mol. The second-order valence-electron chi connectivity index (χ2n) is 3.39. The Morgan fingerprint density at radius 3 is 2.28 bits per heavy atom. The highest BCUT2D eigenvalue weighted by atomic mass is 35.5. The van der Waals surface area contributed by atoms with Crippen LogP contribution in [0.5, 0.6) is 0 Å². The Labute approximate surface area is 106 Å². The minimum absolute atomic E-state index is 0.425. The van der Waals surface area contributed by atoms with Crippen LogP contribution in [0.25, 0.3) is 0 Å². The van der Waals surface area contributed by atoms with Crippen molar-refractivity contribution in [2.75, 3.05) is 5.75 Å². The van der Waals surface area contributed by atoms with Crippen molar-refractivity contribution in [1.82, 2.24) is 0 Å². The fourth-order valence-electron chi connectivity index (χ4n) is 1.27. The normalized spacial score (nSPS) is 12.5. The average Bonchev–Trinajstić information content (AvgIpc) is 2.27. The highest BCUT2D eigenvalue weighted by Gasteiger charge is 2.33. The van der Waals surface area contributed by atoms with Gasteiger partial charge in [-0.05, 0) is 29.8 Å². The highest BCUT2D eigenvalue weighted by molar-refractivity contribution is 7.91. The fraction of sp³-hybridized carbons (Fsp3) is 0.300. The molecule has 0 spiro atoms. The van der Waals surface area contributed by atoms with Gasteiger partial charge in [-0.3, -0.25) is 4.79 Å². The first-order valence-electron chi connectivity index (χ1n) is 4.73. The molecule has 3 nitrogen and oxygen atoms in total. The molecule has 0 aliphatic rings. The molecule has 0 saturated heterocycles. The van der Waals surface area contributed by atoms with Gasteiger partial charge in [0.15, 0.2) is 9.84 Å². The second kappa shape index (κ2) is 4.89. The summed E-state index contributed by atoms with van der Waals surface area (Å²) < 4.78 is 60.7. The van der Waals surface area contributed by atoms with E-state index in [4.69, 9.17) is 11.6 Å². The van der Waals surface area contributed by atoms with E-state index in [0.29, 0.717) is 12.1 Å². The molecule has 100 valence electrons. The third-order valence-corrected chi connectivity index (χ3v) is 4.21. The maximum Gasteiger partial charge on any atom is 0.416 e. The highest BCUT2D eigenvalue weighted by Crippen LogP contribution is 2.32. The average molecular weight is 301 g/mol. The van der Waals surface area contributed by atoms with E-state index in [2.05, 4.69) is 0 Å². The number of halogens is 4. The number of alkyl halides is 3. The second-order valence-corrected chi connectivity index (χ2v) is 5.98. The first kappa shape index (κ1) is 15.0. The van der Waals surface area contributed by atoms with E-state index < -0.39 is 43.0 Å². The number of hydrogen-bond acceptors (Lipinski definition) is 3. The molecule has 0 atom stereocenters. The van der Waals surface area contributed by atoms with Crippen LogP contribution in [0.4, 0.5) is 13.2 Å². The van der Waals surface area contributed by atoms with Gasteiger partial charge in [-0.2, -0.15) is 13.2 Å². The molecule has 0 amide bonds. The van der Waals surface area contributed by atoms with E-state index >= 15 is 0 Å². The molecule has 0 N–H and O–H groups in total. The van der Waals surface area contributed by atoms with E-state index in [1.54, 1.807) is 0 Å². The van der Waals surface area contributed by atoms with E-state index in [9.17, 15) is 26.4 Å². The van der Waals surface area contributed by atoms with E-state index in [1.165, 1.54) is 6.92 Å². The standard InChI is InChI=1S/C10H8ClF3O3S/c1-2-18(16,17)8-5-6(10(12,13)14)3-4-7(8)9(11)15/h3-5H,2H2,1H3. The van der Waals surface area contributed by atoms with Crippen LogP contribution in [0.3, 0.4) is 0 Å². The molecule has 0 heterocycles. The Kier molecular flexibility index (Phi) is 4.07. The largest absolute Gasteiger partial charge is 0.416 e. The number of benzene rings is 1.